The number of hydrogen-bond acceptors (Lipinski definition) is 3. The van der Waals surface area contributed by atoms with Crippen molar-refractivity contribution in [2.24, 2.45) is 0 Å². The van der Waals surface area contributed by atoms with Crippen LogP contribution in [0.5, 0.6) is 0 Å². The van der Waals surface area contributed by atoms with Crippen molar-refractivity contribution in [2.45, 2.75) is 11.3 Å². The Morgan fingerprint density at radius 1 is 1.12 bits per heavy atom. The second-order valence-electron chi connectivity index (χ2n) is 5.59. The standard InChI is InChI=1S/C17H17ClF2N2O3S/c1-22(26(24,25)16-4-2-13(18)3-5-16)11-17(23)21-7-6-12-8-14(19)10-15(20)9-12/h2-5,8-10H,6-7,11H2,1H3,(H,21,23). The molecule has 0 saturated carbocycles. The number of carbonyl (C=O) groups excluding carboxylic acids is 1. The number of nitrogens with zero attached hydrogens (tertiary/aromatic N) is 1. The van der Waals surface area contributed by atoms with E-state index in [4.69, 9.17) is 11.6 Å². The van der Waals surface area contributed by atoms with Crippen LogP contribution in [0.3, 0.4) is 0 Å². The van der Waals surface area contributed by atoms with Crippen LogP contribution in [-0.2, 0) is 21.2 Å². The van der Waals surface area contributed by atoms with Crippen molar-refractivity contribution in [1.82, 2.24) is 9.62 Å². The minimum Gasteiger partial charge on any atom is -0.355 e. The van der Waals surface area contributed by atoms with Gasteiger partial charge in [0.2, 0.25) is 15.9 Å². The van der Waals surface area contributed by atoms with E-state index in [1.165, 1.54) is 43.4 Å². The third-order valence-corrected chi connectivity index (χ3v) is 5.62. The molecule has 26 heavy (non-hydrogen) atoms. The Kier molecular flexibility index (Phi) is 6.69. The van der Waals surface area contributed by atoms with Crippen LogP contribution in [0.15, 0.2) is 47.4 Å². The van der Waals surface area contributed by atoms with E-state index in [2.05, 4.69) is 5.32 Å². The molecule has 1 amide bonds. The highest BCUT2D eigenvalue weighted by Crippen LogP contribution is 2.17. The third-order valence-electron chi connectivity index (χ3n) is 3.55. The molecule has 0 atom stereocenters. The summed E-state index contributed by atoms with van der Waals surface area (Å²) in [7, 11) is -2.54. The van der Waals surface area contributed by atoms with Gasteiger partial charge in [0, 0.05) is 24.7 Å². The minimum absolute atomic E-state index is 0.0208. The van der Waals surface area contributed by atoms with E-state index in [0.717, 1.165) is 10.4 Å². The van der Waals surface area contributed by atoms with Crippen molar-refractivity contribution in [3.8, 4) is 0 Å². The summed E-state index contributed by atoms with van der Waals surface area (Å²) in [6.07, 6.45) is 0.216. The molecule has 2 aromatic carbocycles. The van der Waals surface area contributed by atoms with E-state index in [0.29, 0.717) is 10.6 Å². The molecule has 0 spiro atoms. The normalized spacial score (nSPS) is 11.6. The van der Waals surface area contributed by atoms with Gasteiger partial charge in [0.05, 0.1) is 11.4 Å². The molecule has 0 bridgehead atoms. The van der Waals surface area contributed by atoms with Crippen LogP contribution >= 0.6 is 11.6 Å². The quantitative estimate of drug-likeness (QED) is 0.774. The van der Waals surface area contributed by atoms with E-state index in [1.54, 1.807) is 0 Å². The van der Waals surface area contributed by atoms with Crippen molar-refractivity contribution in [2.75, 3.05) is 20.1 Å². The Hall–Kier alpha value is -2.03. The van der Waals surface area contributed by atoms with Crippen molar-refractivity contribution in [1.29, 1.82) is 0 Å². The number of sulfonamides is 1. The monoisotopic (exact) mass is 402 g/mol. The average molecular weight is 403 g/mol. The number of amides is 1. The first-order valence-corrected chi connectivity index (χ1v) is 9.44. The van der Waals surface area contributed by atoms with Gasteiger partial charge in [-0.1, -0.05) is 11.6 Å². The molecule has 0 saturated heterocycles. The summed E-state index contributed by atoms with van der Waals surface area (Å²) >= 11 is 5.73. The summed E-state index contributed by atoms with van der Waals surface area (Å²) in [6, 6.07) is 8.70. The SMILES string of the molecule is CN(CC(=O)NCCc1cc(F)cc(F)c1)S(=O)(=O)c1ccc(Cl)cc1. The molecule has 0 heterocycles. The number of carbonyl (C=O) groups is 1. The van der Waals surface area contributed by atoms with Crippen molar-refractivity contribution in [3.63, 3.8) is 0 Å². The summed E-state index contributed by atoms with van der Waals surface area (Å²) in [5, 5.41) is 2.92. The van der Waals surface area contributed by atoms with Crippen LogP contribution in [0.2, 0.25) is 5.02 Å². The van der Waals surface area contributed by atoms with Gasteiger partial charge in [-0.2, -0.15) is 4.31 Å². The Balaban J connectivity index is 1.89. The zero-order valence-electron chi connectivity index (χ0n) is 13.9. The van der Waals surface area contributed by atoms with E-state index in [1.807, 2.05) is 0 Å². The molecule has 2 aromatic rings. The maximum atomic E-state index is 13.1. The predicted octanol–water partition coefficient (Wildman–Crippen LogP) is 2.60. The smallest absolute Gasteiger partial charge is 0.243 e. The van der Waals surface area contributed by atoms with Gasteiger partial charge in [-0.05, 0) is 48.4 Å². The first-order chi connectivity index (χ1) is 12.2. The molecule has 0 aliphatic carbocycles. The number of halogens is 3. The second-order valence-corrected chi connectivity index (χ2v) is 8.07. The molecular weight excluding hydrogens is 386 g/mol. The molecule has 0 aliphatic rings. The Bertz CT molecular complexity index is 869. The average Bonchev–Trinajstić information content (AvgIpc) is 2.54. The van der Waals surface area contributed by atoms with Crippen LogP contribution in [0.25, 0.3) is 0 Å². The van der Waals surface area contributed by atoms with Crippen LogP contribution in [0.4, 0.5) is 8.78 Å². The largest absolute Gasteiger partial charge is 0.355 e. The number of nitrogens with one attached hydrogen (secondary N) is 1. The van der Waals surface area contributed by atoms with Gasteiger partial charge in [-0.25, -0.2) is 17.2 Å². The van der Waals surface area contributed by atoms with Crippen LogP contribution in [0.1, 0.15) is 5.56 Å². The number of hydrogen-bond donors (Lipinski definition) is 1. The van der Waals surface area contributed by atoms with Gasteiger partial charge < -0.3 is 5.32 Å². The lowest BCUT2D eigenvalue weighted by Crippen LogP contribution is -2.39. The molecule has 0 unspecified atom stereocenters. The highest BCUT2D eigenvalue weighted by atomic mass is 35.5. The molecule has 2 rings (SSSR count). The Labute approximate surface area is 155 Å². The molecule has 9 heteroatoms. The van der Waals surface area contributed by atoms with Gasteiger partial charge in [-0.3, -0.25) is 4.79 Å². The maximum Gasteiger partial charge on any atom is 0.243 e. The molecule has 140 valence electrons. The minimum atomic E-state index is -3.82. The van der Waals surface area contributed by atoms with E-state index >= 15 is 0 Å². The highest BCUT2D eigenvalue weighted by Gasteiger charge is 2.22. The number of likely N-dealkylation sites (N-methyl/N-ethyl adjacent to an activating group) is 1. The summed E-state index contributed by atoms with van der Waals surface area (Å²) in [5.74, 6) is -1.91. The molecule has 0 aliphatic heterocycles. The topological polar surface area (TPSA) is 66.5 Å². The fourth-order valence-corrected chi connectivity index (χ4v) is 3.48. The molecule has 0 radical (unpaired) electrons. The van der Waals surface area contributed by atoms with Crippen molar-refractivity contribution < 1.29 is 22.0 Å². The van der Waals surface area contributed by atoms with Gasteiger partial charge in [0.1, 0.15) is 11.6 Å². The van der Waals surface area contributed by atoms with Gasteiger partial charge in [0.25, 0.3) is 0 Å². The second kappa shape index (κ2) is 8.57. The Morgan fingerprint density at radius 3 is 2.27 bits per heavy atom. The summed E-state index contributed by atoms with van der Waals surface area (Å²) < 4.78 is 51.8. The lowest BCUT2D eigenvalue weighted by atomic mass is 10.1. The molecule has 1 N–H and O–H groups in total. The zero-order valence-corrected chi connectivity index (χ0v) is 15.4. The molecule has 0 fully saturated rings. The van der Waals surface area contributed by atoms with E-state index in [-0.39, 0.29) is 24.4 Å². The van der Waals surface area contributed by atoms with Gasteiger partial charge in [0.15, 0.2) is 0 Å². The van der Waals surface area contributed by atoms with Crippen LogP contribution in [0, 0.1) is 11.6 Å². The van der Waals surface area contributed by atoms with E-state index < -0.39 is 27.6 Å². The lowest BCUT2D eigenvalue weighted by Gasteiger charge is -2.17. The van der Waals surface area contributed by atoms with E-state index in [9.17, 15) is 22.0 Å². The molecule has 0 aromatic heterocycles. The maximum absolute atomic E-state index is 13.1. The first kappa shape index (κ1) is 20.3. The fourth-order valence-electron chi connectivity index (χ4n) is 2.23. The summed E-state index contributed by atoms with van der Waals surface area (Å²) in [6.45, 7) is -0.265. The molecular formula is C17H17ClF2N2O3S. The third kappa shape index (κ3) is 5.48. The highest BCUT2D eigenvalue weighted by molar-refractivity contribution is 7.89. The van der Waals surface area contributed by atoms with Crippen molar-refractivity contribution in [3.05, 3.63) is 64.7 Å². The van der Waals surface area contributed by atoms with Gasteiger partial charge >= 0.3 is 0 Å². The first-order valence-electron chi connectivity index (χ1n) is 7.62. The molecule has 5 nitrogen and oxygen atoms in total. The zero-order chi connectivity index (χ0) is 19.3. The Morgan fingerprint density at radius 2 is 1.69 bits per heavy atom. The van der Waals surface area contributed by atoms with Crippen LogP contribution in [-0.4, -0.2) is 38.8 Å². The van der Waals surface area contributed by atoms with Crippen LogP contribution < -0.4 is 5.32 Å². The van der Waals surface area contributed by atoms with Crippen molar-refractivity contribution >= 4 is 27.5 Å². The number of benzene rings is 2. The summed E-state index contributed by atoms with van der Waals surface area (Å²) in [4.78, 5) is 11.9. The predicted molar refractivity (Wildman–Crippen MR) is 94.3 cm³/mol. The van der Waals surface area contributed by atoms with Gasteiger partial charge in [-0.15, -0.1) is 0 Å². The number of rotatable bonds is 7. The fraction of sp³-hybridized carbons (Fsp3) is 0.235. The lowest BCUT2D eigenvalue weighted by molar-refractivity contribution is -0.121. The summed E-state index contributed by atoms with van der Waals surface area (Å²) in [5.41, 5.74) is 0.393.